The van der Waals surface area contributed by atoms with Crippen molar-refractivity contribution < 1.29 is 4.79 Å². The number of benzene rings is 2. The molecule has 2 aromatic rings. The fourth-order valence-electron chi connectivity index (χ4n) is 2.45. The Morgan fingerprint density at radius 1 is 1.09 bits per heavy atom. The Morgan fingerprint density at radius 3 is 2.41 bits per heavy atom. The van der Waals surface area contributed by atoms with Crippen LogP contribution in [0.15, 0.2) is 54.6 Å². The van der Waals surface area contributed by atoms with E-state index in [2.05, 4.69) is 24.4 Å². The van der Waals surface area contributed by atoms with E-state index in [1.165, 1.54) is 11.1 Å². The number of carbonyl (C=O) groups excluding carboxylic acids is 1. The molecule has 1 N–H and O–H groups in total. The van der Waals surface area contributed by atoms with Crippen molar-refractivity contribution in [3.8, 4) is 0 Å². The van der Waals surface area contributed by atoms with E-state index >= 15 is 0 Å². The maximum absolute atomic E-state index is 12.2. The third-order valence-electron chi connectivity index (χ3n) is 4.12. The van der Waals surface area contributed by atoms with Crippen LogP contribution in [-0.4, -0.2) is 24.5 Å². The van der Waals surface area contributed by atoms with Crippen molar-refractivity contribution in [3.63, 3.8) is 0 Å². The molecule has 116 valence electrons. The fourth-order valence-corrected chi connectivity index (χ4v) is 2.45. The molecule has 0 aromatic heterocycles. The van der Waals surface area contributed by atoms with Gasteiger partial charge in [0.15, 0.2) is 0 Å². The summed E-state index contributed by atoms with van der Waals surface area (Å²) in [5.74, 6) is 0. The molecule has 1 atom stereocenters. The molecule has 3 heteroatoms. The molecule has 0 aliphatic heterocycles. The van der Waals surface area contributed by atoms with Crippen LogP contribution in [0.1, 0.15) is 29.7 Å². The molecule has 3 nitrogen and oxygen atoms in total. The van der Waals surface area contributed by atoms with Crippen molar-refractivity contribution in [2.45, 2.75) is 26.3 Å². The van der Waals surface area contributed by atoms with Gasteiger partial charge < -0.3 is 10.2 Å². The van der Waals surface area contributed by atoms with E-state index in [4.69, 9.17) is 0 Å². The van der Waals surface area contributed by atoms with Crippen LogP contribution in [0.25, 0.3) is 0 Å². The first-order valence-electron chi connectivity index (χ1n) is 7.69. The van der Waals surface area contributed by atoms with E-state index in [0.29, 0.717) is 6.54 Å². The van der Waals surface area contributed by atoms with Gasteiger partial charge in [0.2, 0.25) is 0 Å². The van der Waals surface area contributed by atoms with Gasteiger partial charge in [0.05, 0.1) is 6.04 Å². The summed E-state index contributed by atoms with van der Waals surface area (Å²) in [7, 11) is 1.83. The van der Waals surface area contributed by atoms with Gasteiger partial charge in [0, 0.05) is 13.6 Å². The second-order valence-corrected chi connectivity index (χ2v) is 5.61. The summed E-state index contributed by atoms with van der Waals surface area (Å²) in [6.07, 6.45) is 0.853. The fraction of sp³-hybridized carbons (Fsp3) is 0.316. The average Bonchev–Trinajstić information content (AvgIpc) is 2.56. The first-order chi connectivity index (χ1) is 10.6. The Bertz CT molecular complexity index is 610. The minimum Gasteiger partial charge on any atom is -0.338 e. The summed E-state index contributed by atoms with van der Waals surface area (Å²) < 4.78 is 0. The Balaban J connectivity index is 1.85. The molecule has 0 heterocycles. The first-order valence-corrected chi connectivity index (χ1v) is 7.69. The largest absolute Gasteiger partial charge is 0.338 e. The van der Waals surface area contributed by atoms with E-state index in [1.54, 1.807) is 4.90 Å². The number of rotatable bonds is 5. The van der Waals surface area contributed by atoms with Gasteiger partial charge in [0.25, 0.3) is 0 Å². The highest BCUT2D eigenvalue weighted by atomic mass is 16.2. The van der Waals surface area contributed by atoms with E-state index < -0.39 is 0 Å². The highest BCUT2D eigenvalue weighted by Gasteiger charge is 2.16. The van der Waals surface area contributed by atoms with E-state index in [9.17, 15) is 4.79 Å². The number of nitrogens with one attached hydrogen (secondary N) is 1. The topological polar surface area (TPSA) is 32.3 Å². The van der Waals surface area contributed by atoms with Crippen LogP contribution in [0.4, 0.5) is 4.79 Å². The Labute approximate surface area is 133 Å². The smallest absolute Gasteiger partial charge is 0.317 e. The molecule has 0 aliphatic rings. The first kappa shape index (κ1) is 16.1. The van der Waals surface area contributed by atoms with Gasteiger partial charge in [-0.05, 0) is 37.0 Å². The van der Waals surface area contributed by atoms with Crippen LogP contribution in [0.3, 0.4) is 0 Å². The number of hydrogen-bond donors (Lipinski definition) is 1. The number of urea groups is 1. The molecule has 0 saturated heterocycles. The Morgan fingerprint density at radius 2 is 1.73 bits per heavy atom. The van der Waals surface area contributed by atoms with Gasteiger partial charge in [-0.3, -0.25) is 0 Å². The average molecular weight is 296 g/mol. The lowest BCUT2D eigenvalue weighted by molar-refractivity contribution is 0.194. The standard InChI is InChI=1S/C19H24N2O/c1-15-9-7-8-10-17(15)13-14-20-19(22)21(3)16(2)18-11-5-4-6-12-18/h4-12,16H,13-14H2,1-3H3,(H,20,22). The van der Waals surface area contributed by atoms with Crippen molar-refractivity contribution in [1.29, 1.82) is 0 Å². The van der Waals surface area contributed by atoms with Crippen LogP contribution < -0.4 is 5.32 Å². The lowest BCUT2D eigenvalue weighted by Gasteiger charge is -2.25. The number of hydrogen-bond acceptors (Lipinski definition) is 1. The molecular formula is C19H24N2O. The van der Waals surface area contributed by atoms with E-state index in [-0.39, 0.29) is 12.1 Å². The summed E-state index contributed by atoms with van der Waals surface area (Å²) in [5, 5.41) is 3.00. The van der Waals surface area contributed by atoms with Crippen LogP contribution in [0.2, 0.25) is 0 Å². The second-order valence-electron chi connectivity index (χ2n) is 5.61. The van der Waals surface area contributed by atoms with Gasteiger partial charge in [-0.25, -0.2) is 4.79 Å². The molecule has 1 unspecified atom stereocenters. The monoisotopic (exact) mass is 296 g/mol. The minimum absolute atomic E-state index is 0.0371. The van der Waals surface area contributed by atoms with Crippen molar-refractivity contribution in [2.24, 2.45) is 0 Å². The zero-order valence-electron chi connectivity index (χ0n) is 13.5. The van der Waals surface area contributed by atoms with Crippen molar-refractivity contribution in [2.75, 3.05) is 13.6 Å². The van der Waals surface area contributed by atoms with E-state index in [0.717, 1.165) is 12.0 Å². The van der Waals surface area contributed by atoms with Gasteiger partial charge in [-0.2, -0.15) is 0 Å². The summed E-state index contributed by atoms with van der Waals surface area (Å²) >= 11 is 0. The van der Waals surface area contributed by atoms with Crippen molar-refractivity contribution >= 4 is 6.03 Å². The molecule has 22 heavy (non-hydrogen) atoms. The Hall–Kier alpha value is -2.29. The lowest BCUT2D eigenvalue weighted by Crippen LogP contribution is -2.39. The molecule has 2 amide bonds. The van der Waals surface area contributed by atoms with E-state index in [1.807, 2.05) is 56.4 Å². The molecule has 0 saturated carbocycles. The van der Waals surface area contributed by atoms with Crippen LogP contribution >= 0.6 is 0 Å². The van der Waals surface area contributed by atoms with Gasteiger partial charge in [0.1, 0.15) is 0 Å². The lowest BCUT2D eigenvalue weighted by atomic mass is 10.1. The maximum atomic E-state index is 12.2. The van der Waals surface area contributed by atoms with Crippen molar-refractivity contribution in [3.05, 3.63) is 71.3 Å². The second kappa shape index (κ2) is 7.64. The highest BCUT2D eigenvalue weighted by Crippen LogP contribution is 2.17. The normalized spacial score (nSPS) is 11.8. The third-order valence-corrected chi connectivity index (χ3v) is 4.12. The zero-order valence-corrected chi connectivity index (χ0v) is 13.5. The molecule has 0 radical (unpaired) electrons. The van der Waals surface area contributed by atoms with Crippen molar-refractivity contribution in [1.82, 2.24) is 10.2 Å². The number of amides is 2. The molecule has 0 fully saturated rings. The summed E-state index contributed by atoms with van der Waals surface area (Å²) in [5.41, 5.74) is 3.68. The number of aryl methyl sites for hydroxylation is 1. The summed E-state index contributed by atoms with van der Waals surface area (Å²) in [6, 6.07) is 18.4. The summed E-state index contributed by atoms with van der Waals surface area (Å²) in [4.78, 5) is 14.0. The third kappa shape index (κ3) is 4.10. The number of carbonyl (C=O) groups is 1. The van der Waals surface area contributed by atoms with Gasteiger partial charge in [-0.1, -0.05) is 54.6 Å². The van der Waals surface area contributed by atoms with Gasteiger partial charge >= 0.3 is 6.03 Å². The Kier molecular flexibility index (Phi) is 5.59. The number of nitrogens with zero attached hydrogens (tertiary/aromatic N) is 1. The molecule has 2 rings (SSSR count). The van der Waals surface area contributed by atoms with Crippen LogP contribution in [-0.2, 0) is 6.42 Å². The molecule has 0 spiro atoms. The molecular weight excluding hydrogens is 272 g/mol. The SMILES string of the molecule is Cc1ccccc1CCNC(=O)N(C)C(C)c1ccccc1. The van der Waals surface area contributed by atoms with Crippen LogP contribution in [0, 0.1) is 6.92 Å². The molecule has 0 bridgehead atoms. The predicted octanol–water partition coefficient (Wildman–Crippen LogP) is 3.94. The molecule has 2 aromatic carbocycles. The molecule has 0 aliphatic carbocycles. The quantitative estimate of drug-likeness (QED) is 0.890. The highest BCUT2D eigenvalue weighted by molar-refractivity contribution is 5.74. The van der Waals surface area contributed by atoms with Crippen LogP contribution in [0.5, 0.6) is 0 Å². The minimum atomic E-state index is -0.0371. The summed E-state index contributed by atoms with van der Waals surface area (Å²) in [6.45, 7) is 4.78. The van der Waals surface area contributed by atoms with Gasteiger partial charge in [-0.15, -0.1) is 0 Å². The predicted molar refractivity (Wildman–Crippen MR) is 90.9 cm³/mol. The zero-order chi connectivity index (χ0) is 15.9. The maximum Gasteiger partial charge on any atom is 0.317 e.